The lowest BCUT2D eigenvalue weighted by atomic mass is 9.99. The monoisotopic (exact) mass is 408 g/mol. The second kappa shape index (κ2) is 5.83. The van der Waals surface area contributed by atoms with Crippen LogP contribution < -0.4 is 10.6 Å². The number of nitrogens with one attached hydrogen (secondary N) is 2. The highest BCUT2D eigenvalue weighted by Crippen LogP contribution is 2.64. The van der Waals surface area contributed by atoms with E-state index in [4.69, 9.17) is 4.74 Å². The average molecular weight is 408 g/mol. The summed E-state index contributed by atoms with van der Waals surface area (Å²) in [4.78, 5) is 20.2. The molecule has 1 saturated heterocycles. The predicted molar refractivity (Wildman–Crippen MR) is 95.7 cm³/mol. The van der Waals surface area contributed by atoms with Gasteiger partial charge in [0.1, 0.15) is 22.6 Å². The molecule has 2 saturated carbocycles. The number of anilines is 3. The minimum atomic E-state index is -4.56. The van der Waals surface area contributed by atoms with Gasteiger partial charge < -0.3 is 15.4 Å². The minimum Gasteiger partial charge on any atom is -0.465 e. The van der Waals surface area contributed by atoms with Crippen molar-refractivity contribution >= 4 is 23.6 Å². The van der Waals surface area contributed by atoms with Crippen LogP contribution in [0.25, 0.3) is 0 Å². The van der Waals surface area contributed by atoms with Gasteiger partial charge in [0, 0.05) is 25.2 Å². The zero-order valence-corrected chi connectivity index (χ0v) is 15.7. The van der Waals surface area contributed by atoms with E-state index in [0.29, 0.717) is 18.1 Å². The molecule has 2 N–H and O–H groups in total. The predicted octanol–water partition coefficient (Wildman–Crippen LogP) is 2.87. The molecule has 5 rings (SSSR count). The molecule has 2 aliphatic carbocycles. The highest BCUT2D eigenvalue weighted by atomic mass is 19.4. The Labute approximate surface area is 163 Å². The van der Waals surface area contributed by atoms with E-state index >= 15 is 0 Å². The standard InChI is InChI=1S/C18H19F3N6O2/c1-8-11-7-29-15(28)17(8,11)12-5-13(27(26-12)9-3-4-9)24-16-23-6-10(18(19,20)21)14(22-2)25-16/h5-6,8-9,11H,3-4,7H2,1-2H3,(H2,22,23,24,25)/t8-,11+,17?/m1/s1. The summed E-state index contributed by atoms with van der Waals surface area (Å²) in [7, 11) is 1.37. The summed E-state index contributed by atoms with van der Waals surface area (Å²) in [6.45, 7) is 2.40. The van der Waals surface area contributed by atoms with Gasteiger partial charge in [0.15, 0.2) is 0 Å². The number of fused-ring (bicyclic) bond motifs is 1. The van der Waals surface area contributed by atoms with Gasteiger partial charge in [-0.15, -0.1) is 0 Å². The molecular weight excluding hydrogens is 389 g/mol. The highest BCUT2D eigenvalue weighted by Gasteiger charge is 2.74. The summed E-state index contributed by atoms with van der Waals surface area (Å²) in [5.74, 6) is 0.256. The number of hydrogen-bond acceptors (Lipinski definition) is 7. The van der Waals surface area contributed by atoms with E-state index in [1.807, 2.05) is 6.92 Å². The van der Waals surface area contributed by atoms with Crippen LogP contribution in [0, 0.1) is 11.8 Å². The smallest absolute Gasteiger partial charge is 0.421 e. The van der Waals surface area contributed by atoms with Crippen molar-refractivity contribution in [1.82, 2.24) is 19.7 Å². The Kier molecular flexibility index (Phi) is 3.66. The highest BCUT2D eigenvalue weighted by molar-refractivity contribution is 5.90. The molecule has 0 spiro atoms. The summed E-state index contributed by atoms with van der Waals surface area (Å²) in [6, 6.07) is 1.95. The maximum absolute atomic E-state index is 13.1. The van der Waals surface area contributed by atoms with Gasteiger partial charge >= 0.3 is 12.1 Å². The molecule has 3 fully saturated rings. The van der Waals surface area contributed by atoms with Crippen molar-refractivity contribution in [2.45, 2.75) is 37.4 Å². The van der Waals surface area contributed by atoms with E-state index < -0.39 is 17.2 Å². The van der Waals surface area contributed by atoms with Crippen LogP contribution in [-0.2, 0) is 21.1 Å². The molecule has 3 heterocycles. The van der Waals surface area contributed by atoms with E-state index in [1.165, 1.54) is 7.05 Å². The zero-order valence-electron chi connectivity index (χ0n) is 15.7. The fourth-order valence-corrected chi connectivity index (χ4v) is 4.32. The number of aromatic nitrogens is 4. The molecule has 2 aromatic rings. The lowest BCUT2D eigenvalue weighted by molar-refractivity contribution is -0.143. The zero-order chi connectivity index (χ0) is 20.6. The van der Waals surface area contributed by atoms with Crippen molar-refractivity contribution in [2.75, 3.05) is 24.3 Å². The largest absolute Gasteiger partial charge is 0.465 e. The third-order valence-corrected chi connectivity index (χ3v) is 6.15. The normalized spacial score (nSPS) is 28.1. The summed E-state index contributed by atoms with van der Waals surface area (Å²) < 4.78 is 46.2. The number of cyclic esters (lactones) is 1. The molecule has 0 radical (unpaired) electrons. The lowest BCUT2D eigenvalue weighted by Crippen LogP contribution is -2.22. The van der Waals surface area contributed by atoms with Gasteiger partial charge in [0.05, 0.1) is 18.3 Å². The van der Waals surface area contributed by atoms with Crippen LogP contribution in [0.4, 0.5) is 30.8 Å². The third kappa shape index (κ3) is 2.59. The van der Waals surface area contributed by atoms with Crippen molar-refractivity contribution in [3.8, 4) is 0 Å². The number of ether oxygens (including phenoxy) is 1. The first-order chi connectivity index (χ1) is 13.8. The van der Waals surface area contributed by atoms with Gasteiger partial charge in [-0.25, -0.2) is 9.67 Å². The van der Waals surface area contributed by atoms with Crippen molar-refractivity contribution in [3.63, 3.8) is 0 Å². The number of hydrogen-bond donors (Lipinski definition) is 2. The Balaban J connectivity index is 1.50. The quantitative estimate of drug-likeness (QED) is 0.735. The fraction of sp³-hybridized carbons (Fsp3) is 0.556. The minimum absolute atomic E-state index is 0.0163. The fourth-order valence-electron chi connectivity index (χ4n) is 4.32. The molecule has 11 heteroatoms. The van der Waals surface area contributed by atoms with Crippen LogP contribution >= 0.6 is 0 Å². The van der Waals surface area contributed by atoms with E-state index in [0.717, 1.165) is 19.0 Å². The Bertz CT molecular complexity index is 1000. The van der Waals surface area contributed by atoms with Crippen LogP contribution in [0.15, 0.2) is 12.3 Å². The maximum Gasteiger partial charge on any atom is 0.421 e. The Hall–Kier alpha value is -2.85. The van der Waals surface area contributed by atoms with Crippen molar-refractivity contribution in [2.24, 2.45) is 11.8 Å². The van der Waals surface area contributed by atoms with E-state index in [9.17, 15) is 18.0 Å². The Morgan fingerprint density at radius 1 is 1.34 bits per heavy atom. The second-order valence-corrected chi connectivity index (χ2v) is 7.78. The summed E-state index contributed by atoms with van der Waals surface area (Å²) >= 11 is 0. The summed E-state index contributed by atoms with van der Waals surface area (Å²) in [6.07, 6.45) is -1.92. The van der Waals surface area contributed by atoms with E-state index in [1.54, 1.807) is 10.7 Å². The lowest BCUT2D eigenvalue weighted by Gasteiger charge is -2.13. The molecule has 0 aromatic carbocycles. The average Bonchev–Trinajstić information content (AvgIpc) is 3.52. The van der Waals surface area contributed by atoms with E-state index in [-0.39, 0.29) is 35.6 Å². The number of halogens is 3. The van der Waals surface area contributed by atoms with Crippen LogP contribution in [0.1, 0.15) is 37.1 Å². The first-order valence-corrected chi connectivity index (χ1v) is 9.43. The van der Waals surface area contributed by atoms with Crippen LogP contribution in [0.5, 0.6) is 0 Å². The van der Waals surface area contributed by atoms with Gasteiger partial charge in [-0.2, -0.15) is 23.3 Å². The van der Waals surface area contributed by atoms with Gasteiger partial charge in [0.2, 0.25) is 5.95 Å². The second-order valence-electron chi connectivity index (χ2n) is 7.78. The topological polar surface area (TPSA) is 94.0 Å². The molecule has 1 unspecified atom stereocenters. The van der Waals surface area contributed by atoms with Gasteiger partial charge in [-0.05, 0) is 18.8 Å². The molecule has 29 heavy (non-hydrogen) atoms. The van der Waals surface area contributed by atoms with Crippen molar-refractivity contribution in [1.29, 1.82) is 0 Å². The number of alkyl halides is 3. The molecule has 2 aromatic heterocycles. The molecule has 1 aliphatic heterocycles. The number of rotatable bonds is 5. The van der Waals surface area contributed by atoms with Crippen LogP contribution in [-0.4, -0.2) is 39.4 Å². The number of carbonyl (C=O) groups excluding carboxylic acids is 1. The molecule has 154 valence electrons. The Morgan fingerprint density at radius 2 is 2.10 bits per heavy atom. The first kappa shape index (κ1) is 18.2. The van der Waals surface area contributed by atoms with Gasteiger partial charge in [-0.1, -0.05) is 6.92 Å². The van der Waals surface area contributed by atoms with Crippen molar-refractivity contribution < 1.29 is 22.7 Å². The third-order valence-electron chi connectivity index (χ3n) is 6.15. The molecular formula is C18H19F3N6O2. The van der Waals surface area contributed by atoms with Crippen LogP contribution in [0.2, 0.25) is 0 Å². The molecule has 0 bridgehead atoms. The molecule has 8 nitrogen and oxygen atoms in total. The number of carbonyl (C=O) groups is 1. The molecule has 0 amide bonds. The summed E-state index contributed by atoms with van der Waals surface area (Å²) in [5, 5.41) is 10.1. The van der Waals surface area contributed by atoms with Crippen LogP contribution in [0.3, 0.4) is 0 Å². The summed E-state index contributed by atoms with van der Waals surface area (Å²) in [5.41, 5.74) is -1.02. The SMILES string of the molecule is CNc1nc(Nc2cc(C34C(=O)OC[C@H]3[C@H]4C)nn2C2CC2)ncc1C(F)(F)F. The molecule has 3 atom stereocenters. The first-order valence-electron chi connectivity index (χ1n) is 9.43. The maximum atomic E-state index is 13.1. The van der Waals surface area contributed by atoms with Gasteiger partial charge in [0.25, 0.3) is 0 Å². The van der Waals surface area contributed by atoms with E-state index in [2.05, 4.69) is 25.7 Å². The number of nitrogens with zero attached hydrogens (tertiary/aromatic N) is 4. The Morgan fingerprint density at radius 3 is 2.69 bits per heavy atom. The molecule has 3 aliphatic rings. The van der Waals surface area contributed by atoms with Gasteiger partial charge in [-0.3, -0.25) is 4.79 Å². The number of esters is 1. The van der Waals surface area contributed by atoms with Crippen molar-refractivity contribution in [3.05, 3.63) is 23.5 Å².